The van der Waals surface area contributed by atoms with E-state index >= 15 is 0 Å². The van der Waals surface area contributed by atoms with Gasteiger partial charge in [0.25, 0.3) is 5.91 Å². The summed E-state index contributed by atoms with van der Waals surface area (Å²) in [5.74, 6) is -0.271. The summed E-state index contributed by atoms with van der Waals surface area (Å²) >= 11 is 9.48. The Bertz CT molecular complexity index is 561. The predicted octanol–water partition coefficient (Wildman–Crippen LogP) is 3.83. The van der Waals surface area contributed by atoms with Gasteiger partial charge in [-0.05, 0) is 31.0 Å². The van der Waals surface area contributed by atoms with Gasteiger partial charge in [0.1, 0.15) is 6.04 Å². The first-order chi connectivity index (χ1) is 9.97. The summed E-state index contributed by atoms with van der Waals surface area (Å²) in [7, 11) is 0. The van der Waals surface area contributed by atoms with E-state index < -0.39 is 6.04 Å². The van der Waals surface area contributed by atoms with E-state index in [4.69, 9.17) is 11.6 Å². The lowest BCUT2D eigenvalue weighted by molar-refractivity contribution is -0.141. The van der Waals surface area contributed by atoms with Crippen LogP contribution in [0.5, 0.6) is 0 Å². The van der Waals surface area contributed by atoms with Crippen LogP contribution < -0.4 is 5.32 Å². The molecular formula is C15H18BrClN2O2. The summed E-state index contributed by atoms with van der Waals surface area (Å²) in [5, 5.41) is 3.60. The number of likely N-dealkylation sites (tertiary alicyclic amines) is 1. The van der Waals surface area contributed by atoms with Crippen molar-refractivity contribution in [3.63, 3.8) is 0 Å². The van der Waals surface area contributed by atoms with E-state index in [1.807, 2.05) is 19.9 Å². The van der Waals surface area contributed by atoms with Crippen molar-refractivity contribution in [1.29, 1.82) is 0 Å². The van der Waals surface area contributed by atoms with Gasteiger partial charge in [0, 0.05) is 10.5 Å². The molecule has 1 saturated heterocycles. The molecule has 2 rings (SSSR count). The Hall–Kier alpha value is -1.07. The lowest BCUT2D eigenvalue weighted by Crippen LogP contribution is -2.41. The highest BCUT2D eigenvalue weighted by atomic mass is 79.9. The largest absolute Gasteiger partial charge is 0.372 e. The number of benzene rings is 1. The van der Waals surface area contributed by atoms with Gasteiger partial charge in [-0.15, -0.1) is 0 Å². The molecule has 0 aliphatic carbocycles. The maximum Gasteiger partial charge on any atom is 0.252 e. The molecule has 1 aliphatic heterocycles. The van der Waals surface area contributed by atoms with Crippen molar-refractivity contribution in [3.8, 4) is 0 Å². The van der Waals surface area contributed by atoms with Gasteiger partial charge in [-0.25, -0.2) is 0 Å². The smallest absolute Gasteiger partial charge is 0.252 e. The normalized spacial score (nSPS) is 18.7. The van der Waals surface area contributed by atoms with Crippen LogP contribution in [0, 0.1) is 0 Å². The molecule has 1 aliphatic rings. The van der Waals surface area contributed by atoms with Crippen molar-refractivity contribution < 1.29 is 9.59 Å². The number of rotatable bonds is 5. The highest BCUT2D eigenvalue weighted by Crippen LogP contribution is 2.29. The van der Waals surface area contributed by atoms with Crippen LogP contribution in [0.2, 0.25) is 5.02 Å². The minimum absolute atomic E-state index is 0.0165. The molecule has 1 N–H and O–H groups in total. The molecule has 0 aromatic heterocycles. The predicted molar refractivity (Wildman–Crippen MR) is 87.4 cm³/mol. The fourth-order valence-electron chi connectivity index (χ4n) is 2.60. The van der Waals surface area contributed by atoms with Gasteiger partial charge in [0.2, 0.25) is 5.91 Å². The minimum Gasteiger partial charge on any atom is -0.372 e. The number of carbonyl (C=O) groups excluding carboxylic acids is 2. The summed E-state index contributed by atoms with van der Waals surface area (Å²) in [6, 6.07) is 4.84. The highest BCUT2D eigenvalue weighted by Gasteiger charge is 2.41. The first-order valence-corrected chi connectivity index (χ1v) is 8.22. The summed E-state index contributed by atoms with van der Waals surface area (Å²) < 4.78 is 0.866. The SMILES string of the molecule is CCC(CC)N1C(=O)CC(Nc2ccc(Br)cc2Cl)C1=O. The molecule has 1 aromatic rings. The van der Waals surface area contributed by atoms with E-state index in [-0.39, 0.29) is 24.3 Å². The van der Waals surface area contributed by atoms with Gasteiger partial charge in [0.05, 0.1) is 17.1 Å². The van der Waals surface area contributed by atoms with Crippen molar-refractivity contribution in [3.05, 3.63) is 27.7 Å². The zero-order valence-electron chi connectivity index (χ0n) is 12.0. The van der Waals surface area contributed by atoms with Gasteiger partial charge in [0.15, 0.2) is 0 Å². The Balaban J connectivity index is 2.15. The molecule has 114 valence electrons. The molecule has 21 heavy (non-hydrogen) atoms. The summed E-state index contributed by atoms with van der Waals surface area (Å²) in [5.41, 5.74) is 0.664. The van der Waals surface area contributed by atoms with Crippen LogP contribution in [0.4, 0.5) is 5.69 Å². The second-order valence-corrected chi connectivity index (χ2v) is 6.42. The standard InChI is InChI=1S/C15H18BrClN2O2/c1-3-10(4-2)19-14(20)8-13(15(19)21)18-12-6-5-9(16)7-11(12)17/h5-7,10,13,18H,3-4,8H2,1-2H3. The first-order valence-electron chi connectivity index (χ1n) is 7.05. The zero-order chi connectivity index (χ0) is 15.6. The van der Waals surface area contributed by atoms with E-state index in [9.17, 15) is 9.59 Å². The molecule has 1 fully saturated rings. The van der Waals surface area contributed by atoms with Crippen molar-refractivity contribution in [2.45, 2.75) is 45.2 Å². The molecule has 2 amide bonds. The number of nitrogens with one attached hydrogen (secondary N) is 1. The average molecular weight is 374 g/mol. The van der Waals surface area contributed by atoms with Crippen LogP contribution in [-0.4, -0.2) is 28.8 Å². The third kappa shape index (κ3) is 3.40. The molecule has 0 bridgehead atoms. The number of amides is 2. The van der Waals surface area contributed by atoms with Crippen LogP contribution >= 0.6 is 27.5 Å². The monoisotopic (exact) mass is 372 g/mol. The third-order valence-electron chi connectivity index (χ3n) is 3.75. The second kappa shape index (κ2) is 6.79. The zero-order valence-corrected chi connectivity index (χ0v) is 14.4. The van der Waals surface area contributed by atoms with Crippen LogP contribution in [-0.2, 0) is 9.59 Å². The minimum atomic E-state index is -0.531. The molecule has 1 heterocycles. The fourth-order valence-corrected chi connectivity index (χ4v) is 3.32. The van der Waals surface area contributed by atoms with E-state index in [0.717, 1.165) is 17.3 Å². The van der Waals surface area contributed by atoms with Crippen LogP contribution in [0.3, 0.4) is 0 Å². The molecule has 0 saturated carbocycles. The number of halogens is 2. The van der Waals surface area contributed by atoms with Gasteiger partial charge in [-0.2, -0.15) is 0 Å². The van der Waals surface area contributed by atoms with E-state index in [1.54, 1.807) is 12.1 Å². The Morgan fingerprint density at radius 2 is 2.05 bits per heavy atom. The lowest BCUT2D eigenvalue weighted by atomic mass is 10.1. The van der Waals surface area contributed by atoms with Crippen molar-refractivity contribution >= 4 is 45.0 Å². The topological polar surface area (TPSA) is 49.4 Å². The first kappa shape index (κ1) is 16.3. The molecule has 1 aromatic carbocycles. The molecule has 1 unspecified atom stereocenters. The Kier molecular flexibility index (Phi) is 5.27. The van der Waals surface area contributed by atoms with Crippen LogP contribution in [0.15, 0.2) is 22.7 Å². The van der Waals surface area contributed by atoms with E-state index in [1.165, 1.54) is 4.90 Å². The number of nitrogens with zero attached hydrogens (tertiary/aromatic N) is 1. The average Bonchev–Trinajstić information content (AvgIpc) is 2.71. The molecule has 0 radical (unpaired) electrons. The molecule has 1 atom stereocenters. The highest BCUT2D eigenvalue weighted by molar-refractivity contribution is 9.10. The van der Waals surface area contributed by atoms with E-state index in [0.29, 0.717) is 10.7 Å². The van der Waals surface area contributed by atoms with Crippen molar-refractivity contribution in [2.24, 2.45) is 0 Å². The number of imide groups is 1. The quantitative estimate of drug-likeness (QED) is 0.798. The third-order valence-corrected chi connectivity index (χ3v) is 4.56. The summed E-state index contributed by atoms with van der Waals surface area (Å²) in [6.45, 7) is 3.97. The Morgan fingerprint density at radius 3 is 2.62 bits per heavy atom. The molecule has 6 heteroatoms. The maximum atomic E-state index is 12.4. The summed E-state index contributed by atoms with van der Waals surface area (Å²) in [4.78, 5) is 26.0. The van der Waals surface area contributed by atoms with Gasteiger partial charge < -0.3 is 5.32 Å². The molecular weight excluding hydrogens is 356 g/mol. The van der Waals surface area contributed by atoms with Gasteiger partial charge in [-0.1, -0.05) is 41.4 Å². The Labute approximate surface area is 138 Å². The van der Waals surface area contributed by atoms with E-state index in [2.05, 4.69) is 21.2 Å². The molecule has 4 nitrogen and oxygen atoms in total. The van der Waals surface area contributed by atoms with Crippen LogP contribution in [0.25, 0.3) is 0 Å². The number of hydrogen-bond acceptors (Lipinski definition) is 3. The molecule has 0 spiro atoms. The Morgan fingerprint density at radius 1 is 1.38 bits per heavy atom. The van der Waals surface area contributed by atoms with Crippen LogP contribution in [0.1, 0.15) is 33.1 Å². The lowest BCUT2D eigenvalue weighted by Gasteiger charge is -2.24. The van der Waals surface area contributed by atoms with Gasteiger partial charge in [-0.3, -0.25) is 14.5 Å². The van der Waals surface area contributed by atoms with Crippen molar-refractivity contribution in [2.75, 3.05) is 5.32 Å². The maximum absolute atomic E-state index is 12.4. The second-order valence-electron chi connectivity index (χ2n) is 5.10. The number of anilines is 1. The van der Waals surface area contributed by atoms with Gasteiger partial charge >= 0.3 is 0 Å². The van der Waals surface area contributed by atoms with Crippen molar-refractivity contribution in [1.82, 2.24) is 4.90 Å². The number of hydrogen-bond donors (Lipinski definition) is 1. The fraction of sp³-hybridized carbons (Fsp3) is 0.467. The summed E-state index contributed by atoms with van der Waals surface area (Å²) in [6.07, 6.45) is 1.74. The number of carbonyl (C=O) groups is 2.